The average Bonchev–Trinajstić information content (AvgIpc) is 2.28. The quantitative estimate of drug-likeness (QED) is 0.775. The Bertz CT molecular complexity index is 349. The molecule has 0 aromatic heterocycles. The van der Waals surface area contributed by atoms with Crippen molar-refractivity contribution in [3.05, 3.63) is 35.9 Å². The molecule has 1 rings (SSSR count). The van der Waals surface area contributed by atoms with Crippen molar-refractivity contribution in [3.8, 4) is 0 Å². The zero-order valence-corrected chi connectivity index (χ0v) is 11.2. The Morgan fingerprint density at radius 2 is 1.82 bits per heavy atom. The summed E-state index contributed by atoms with van der Waals surface area (Å²) < 4.78 is 5.31. The van der Waals surface area contributed by atoms with Crippen LogP contribution in [-0.2, 0) is 9.53 Å². The Kier molecular flexibility index (Phi) is 4.88. The minimum atomic E-state index is -0.418. The van der Waals surface area contributed by atoms with E-state index in [1.54, 1.807) is 7.11 Å². The van der Waals surface area contributed by atoms with Crippen LogP contribution in [0.2, 0.25) is 0 Å². The van der Waals surface area contributed by atoms with Crippen LogP contribution in [0.4, 0.5) is 0 Å². The molecule has 0 N–H and O–H groups in total. The van der Waals surface area contributed by atoms with E-state index in [1.807, 2.05) is 30.3 Å². The second-order valence-electron chi connectivity index (χ2n) is 5.55. The van der Waals surface area contributed by atoms with Crippen LogP contribution in [0.25, 0.3) is 0 Å². The van der Waals surface area contributed by atoms with Crippen molar-refractivity contribution < 1.29 is 9.53 Å². The summed E-state index contributed by atoms with van der Waals surface area (Å²) in [7, 11) is 1.59. The van der Waals surface area contributed by atoms with Gasteiger partial charge >= 0.3 is 0 Å². The van der Waals surface area contributed by atoms with E-state index < -0.39 is 6.10 Å². The molecule has 0 spiro atoms. The smallest absolute Gasteiger partial charge is 0.166 e. The highest BCUT2D eigenvalue weighted by Crippen LogP contribution is 2.25. The summed E-state index contributed by atoms with van der Waals surface area (Å²) in [6.45, 7) is 6.43. The van der Waals surface area contributed by atoms with Gasteiger partial charge in [0, 0.05) is 13.5 Å². The number of rotatable bonds is 5. The molecule has 0 aliphatic carbocycles. The van der Waals surface area contributed by atoms with E-state index in [1.165, 1.54) is 0 Å². The molecule has 2 heteroatoms. The second-order valence-corrected chi connectivity index (χ2v) is 5.55. The van der Waals surface area contributed by atoms with Gasteiger partial charge in [0.25, 0.3) is 0 Å². The maximum absolute atomic E-state index is 12.1. The Labute approximate surface area is 104 Å². The molecule has 1 aromatic carbocycles. The number of Topliss-reactive ketones (excluding diaryl/α,β-unsaturated/α-hetero) is 1. The van der Waals surface area contributed by atoms with Gasteiger partial charge in [-0.2, -0.15) is 0 Å². The lowest BCUT2D eigenvalue weighted by Crippen LogP contribution is -2.17. The molecule has 0 radical (unpaired) electrons. The largest absolute Gasteiger partial charge is 0.369 e. The summed E-state index contributed by atoms with van der Waals surface area (Å²) in [6, 6.07) is 9.67. The minimum absolute atomic E-state index is 0.161. The molecule has 0 heterocycles. The summed E-state index contributed by atoms with van der Waals surface area (Å²) >= 11 is 0. The van der Waals surface area contributed by atoms with E-state index in [9.17, 15) is 4.79 Å². The van der Waals surface area contributed by atoms with Crippen molar-refractivity contribution in [1.82, 2.24) is 0 Å². The molecule has 2 nitrogen and oxygen atoms in total. The summed E-state index contributed by atoms with van der Waals surface area (Å²) in [4.78, 5) is 12.1. The molecule has 94 valence electrons. The third-order valence-electron chi connectivity index (χ3n) is 2.75. The SMILES string of the molecule is COC(C(=O)CCC(C)(C)C)c1ccccc1. The predicted molar refractivity (Wildman–Crippen MR) is 69.9 cm³/mol. The van der Waals surface area contributed by atoms with Crippen LogP contribution >= 0.6 is 0 Å². The van der Waals surface area contributed by atoms with Crippen LogP contribution in [0.3, 0.4) is 0 Å². The summed E-state index contributed by atoms with van der Waals surface area (Å²) in [5.74, 6) is 0.161. The Morgan fingerprint density at radius 3 is 2.29 bits per heavy atom. The zero-order chi connectivity index (χ0) is 12.9. The average molecular weight is 234 g/mol. The van der Waals surface area contributed by atoms with Crippen molar-refractivity contribution >= 4 is 5.78 Å². The molecule has 1 atom stereocenters. The lowest BCUT2D eigenvalue weighted by atomic mass is 9.88. The van der Waals surface area contributed by atoms with Gasteiger partial charge in [0.2, 0.25) is 0 Å². The van der Waals surface area contributed by atoms with Crippen molar-refractivity contribution in [2.24, 2.45) is 5.41 Å². The van der Waals surface area contributed by atoms with Gasteiger partial charge in [0.1, 0.15) is 6.10 Å². The highest BCUT2D eigenvalue weighted by atomic mass is 16.5. The number of hydrogen-bond acceptors (Lipinski definition) is 2. The van der Waals surface area contributed by atoms with Crippen LogP contribution in [0.5, 0.6) is 0 Å². The van der Waals surface area contributed by atoms with Gasteiger partial charge in [0.05, 0.1) is 0 Å². The predicted octanol–water partition coefficient (Wildman–Crippen LogP) is 3.77. The summed E-state index contributed by atoms with van der Waals surface area (Å²) in [5, 5.41) is 0. The normalized spacial score (nSPS) is 13.4. The van der Waals surface area contributed by atoms with Crippen molar-refractivity contribution in [1.29, 1.82) is 0 Å². The number of hydrogen-bond donors (Lipinski definition) is 0. The highest BCUT2D eigenvalue weighted by Gasteiger charge is 2.21. The van der Waals surface area contributed by atoms with Gasteiger partial charge in [-0.25, -0.2) is 0 Å². The molecular weight excluding hydrogens is 212 g/mol. The van der Waals surface area contributed by atoms with Gasteiger partial charge in [-0.05, 0) is 17.4 Å². The van der Waals surface area contributed by atoms with Gasteiger partial charge < -0.3 is 4.74 Å². The van der Waals surface area contributed by atoms with E-state index in [-0.39, 0.29) is 11.2 Å². The third kappa shape index (κ3) is 4.70. The fraction of sp³-hybridized carbons (Fsp3) is 0.533. The first-order valence-electron chi connectivity index (χ1n) is 6.04. The third-order valence-corrected chi connectivity index (χ3v) is 2.75. The topological polar surface area (TPSA) is 26.3 Å². The van der Waals surface area contributed by atoms with Crippen molar-refractivity contribution in [2.75, 3.05) is 7.11 Å². The Balaban J connectivity index is 2.66. The number of benzene rings is 1. The maximum atomic E-state index is 12.1. The monoisotopic (exact) mass is 234 g/mol. The fourth-order valence-electron chi connectivity index (χ4n) is 1.71. The molecule has 0 amide bonds. The van der Waals surface area contributed by atoms with E-state index in [2.05, 4.69) is 20.8 Å². The molecule has 0 bridgehead atoms. The molecule has 0 fully saturated rings. The fourth-order valence-corrected chi connectivity index (χ4v) is 1.71. The second kappa shape index (κ2) is 5.97. The van der Waals surface area contributed by atoms with Crippen LogP contribution in [0, 0.1) is 5.41 Å². The van der Waals surface area contributed by atoms with E-state index in [0.717, 1.165) is 12.0 Å². The standard InChI is InChI=1S/C15H22O2/c1-15(2,3)11-10-13(16)14(17-4)12-8-6-5-7-9-12/h5-9,14H,10-11H2,1-4H3. The summed E-state index contributed by atoms with van der Waals surface area (Å²) in [5.41, 5.74) is 1.12. The number of ketones is 1. The van der Waals surface area contributed by atoms with Crippen molar-refractivity contribution in [3.63, 3.8) is 0 Å². The van der Waals surface area contributed by atoms with Gasteiger partial charge in [0.15, 0.2) is 5.78 Å². The molecule has 1 aromatic rings. The van der Waals surface area contributed by atoms with E-state index in [0.29, 0.717) is 6.42 Å². The number of ether oxygens (including phenoxy) is 1. The Morgan fingerprint density at radius 1 is 1.24 bits per heavy atom. The van der Waals surface area contributed by atoms with Gasteiger partial charge in [-0.3, -0.25) is 4.79 Å². The maximum Gasteiger partial charge on any atom is 0.166 e. The zero-order valence-electron chi connectivity index (χ0n) is 11.2. The van der Waals surface area contributed by atoms with Crippen LogP contribution in [0.1, 0.15) is 45.3 Å². The number of carbonyl (C=O) groups excluding carboxylic acids is 1. The lowest BCUT2D eigenvalue weighted by Gasteiger charge is -2.20. The number of methoxy groups -OCH3 is 1. The molecule has 1 unspecified atom stereocenters. The minimum Gasteiger partial charge on any atom is -0.369 e. The van der Waals surface area contributed by atoms with Gasteiger partial charge in [-0.1, -0.05) is 51.1 Å². The van der Waals surface area contributed by atoms with E-state index >= 15 is 0 Å². The first-order valence-corrected chi connectivity index (χ1v) is 6.04. The molecule has 0 aliphatic heterocycles. The summed E-state index contributed by atoms with van der Waals surface area (Å²) in [6.07, 6.45) is 1.04. The first kappa shape index (κ1) is 13.9. The van der Waals surface area contributed by atoms with Crippen molar-refractivity contribution in [2.45, 2.75) is 39.7 Å². The molecule has 0 saturated heterocycles. The highest BCUT2D eigenvalue weighted by molar-refractivity contribution is 5.84. The first-order chi connectivity index (χ1) is 7.94. The molecular formula is C15H22O2. The van der Waals surface area contributed by atoms with Crippen LogP contribution < -0.4 is 0 Å². The molecule has 17 heavy (non-hydrogen) atoms. The van der Waals surface area contributed by atoms with Gasteiger partial charge in [-0.15, -0.1) is 0 Å². The Hall–Kier alpha value is -1.15. The molecule has 0 saturated carbocycles. The molecule has 0 aliphatic rings. The van der Waals surface area contributed by atoms with Crippen LogP contribution in [-0.4, -0.2) is 12.9 Å². The lowest BCUT2D eigenvalue weighted by molar-refractivity contribution is -0.129. The van der Waals surface area contributed by atoms with E-state index in [4.69, 9.17) is 4.74 Å². The number of carbonyl (C=O) groups is 1. The van der Waals surface area contributed by atoms with Crippen LogP contribution in [0.15, 0.2) is 30.3 Å².